The molecule has 0 radical (unpaired) electrons. The van der Waals surface area contributed by atoms with Crippen molar-refractivity contribution in [2.45, 2.75) is 24.4 Å². The first-order chi connectivity index (χ1) is 8.63. The highest BCUT2D eigenvalue weighted by Crippen LogP contribution is 2.16. The summed E-state index contributed by atoms with van der Waals surface area (Å²) in [4.78, 5) is 0. The Balaban J connectivity index is 1.91. The number of H-pyrrole nitrogens is 1. The molecule has 1 unspecified atom stereocenters. The second kappa shape index (κ2) is 5.79. The molecule has 4 N–H and O–H groups in total. The molecule has 1 aliphatic rings. The van der Waals surface area contributed by atoms with Gasteiger partial charge in [0, 0.05) is 31.9 Å². The summed E-state index contributed by atoms with van der Waals surface area (Å²) in [6.45, 7) is 2.04. The summed E-state index contributed by atoms with van der Waals surface area (Å²) < 4.78 is 31.7. The minimum Gasteiger partial charge on any atom is -0.381 e. The summed E-state index contributed by atoms with van der Waals surface area (Å²) in [6.07, 6.45) is 3.21. The molecule has 1 saturated heterocycles. The van der Waals surface area contributed by atoms with Gasteiger partial charge in [-0.05, 0) is 18.8 Å². The number of hydrogen-bond donors (Lipinski definition) is 3. The van der Waals surface area contributed by atoms with Crippen molar-refractivity contribution >= 4 is 10.0 Å². The van der Waals surface area contributed by atoms with E-state index in [4.69, 9.17) is 10.5 Å². The van der Waals surface area contributed by atoms with E-state index in [-0.39, 0.29) is 11.6 Å². The van der Waals surface area contributed by atoms with Crippen molar-refractivity contribution in [3.8, 4) is 0 Å². The summed E-state index contributed by atoms with van der Waals surface area (Å²) in [6, 6.07) is 0. The van der Waals surface area contributed by atoms with Crippen molar-refractivity contribution in [2.75, 3.05) is 19.8 Å². The second-order valence-electron chi connectivity index (χ2n) is 4.34. The topological polar surface area (TPSA) is 110 Å². The molecule has 0 aromatic carbocycles. The highest BCUT2D eigenvalue weighted by atomic mass is 32.2. The largest absolute Gasteiger partial charge is 0.381 e. The number of rotatable bonds is 6. The summed E-state index contributed by atoms with van der Waals surface area (Å²) in [5.41, 5.74) is 5.94. The smallest absolute Gasteiger partial charge is 0.257 e. The molecule has 0 spiro atoms. The number of sulfonamides is 1. The Morgan fingerprint density at radius 3 is 3.11 bits per heavy atom. The quantitative estimate of drug-likeness (QED) is 0.652. The fourth-order valence-electron chi connectivity index (χ4n) is 1.96. The highest BCUT2D eigenvalue weighted by molar-refractivity contribution is 7.89. The molecular weight excluding hydrogens is 256 g/mol. The van der Waals surface area contributed by atoms with Crippen molar-refractivity contribution < 1.29 is 13.2 Å². The third-order valence-corrected chi connectivity index (χ3v) is 4.51. The maximum atomic E-state index is 12.0. The van der Waals surface area contributed by atoms with Gasteiger partial charge in [0.2, 0.25) is 0 Å². The second-order valence-corrected chi connectivity index (χ2v) is 6.05. The zero-order valence-corrected chi connectivity index (χ0v) is 10.9. The van der Waals surface area contributed by atoms with Crippen LogP contribution in [0.1, 0.15) is 18.4 Å². The minimum atomic E-state index is -3.54. The molecule has 2 heterocycles. The van der Waals surface area contributed by atoms with Crippen LogP contribution < -0.4 is 10.5 Å². The van der Waals surface area contributed by atoms with E-state index >= 15 is 0 Å². The van der Waals surface area contributed by atoms with Crippen LogP contribution in [0.25, 0.3) is 0 Å². The summed E-state index contributed by atoms with van der Waals surface area (Å²) >= 11 is 0. The van der Waals surface area contributed by atoms with Crippen molar-refractivity contribution in [1.29, 1.82) is 0 Å². The summed E-state index contributed by atoms with van der Waals surface area (Å²) in [7, 11) is -3.54. The Kier molecular flexibility index (Phi) is 4.33. The Labute approximate surface area is 106 Å². The van der Waals surface area contributed by atoms with E-state index < -0.39 is 10.0 Å². The van der Waals surface area contributed by atoms with Gasteiger partial charge in [0.1, 0.15) is 0 Å². The lowest BCUT2D eigenvalue weighted by atomic mass is 10.1. The molecule has 0 bridgehead atoms. The van der Waals surface area contributed by atoms with E-state index in [9.17, 15) is 8.42 Å². The zero-order valence-electron chi connectivity index (χ0n) is 10.1. The minimum absolute atomic E-state index is 0.0627. The maximum Gasteiger partial charge on any atom is 0.257 e. The number of ether oxygens (including phenoxy) is 1. The summed E-state index contributed by atoms with van der Waals surface area (Å²) in [5.74, 6) is 0.448. The van der Waals surface area contributed by atoms with E-state index in [0.29, 0.717) is 18.0 Å². The van der Waals surface area contributed by atoms with Gasteiger partial charge in [-0.1, -0.05) is 0 Å². The predicted molar refractivity (Wildman–Crippen MR) is 65.2 cm³/mol. The SMILES string of the molecule is NCc1cn[nH]c1S(=O)(=O)NCCC1CCOC1. The lowest BCUT2D eigenvalue weighted by molar-refractivity contribution is 0.184. The number of nitrogens with one attached hydrogen (secondary N) is 2. The van der Waals surface area contributed by atoms with Gasteiger partial charge < -0.3 is 10.5 Å². The average molecular weight is 274 g/mol. The molecule has 1 atom stereocenters. The molecule has 0 aliphatic carbocycles. The molecule has 102 valence electrons. The molecule has 1 aliphatic heterocycles. The van der Waals surface area contributed by atoms with Crippen LogP contribution in [-0.4, -0.2) is 38.4 Å². The lowest BCUT2D eigenvalue weighted by Gasteiger charge is -2.09. The van der Waals surface area contributed by atoms with Gasteiger partial charge in [-0.2, -0.15) is 5.10 Å². The third-order valence-electron chi connectivity index (χ3n) is 3.04. The van der Waals surface area contributed by atoms with Crippen LogP contribution in [0, 0.1) is 5.92 Å². The van der Waals surface area contributed by atoms with Crippen LogP contribution in [-0.2, 0) is 21.3 Å². The van der Waals surface area contributed by atoms with Gasteiger partial charge in [0.25, 0.3) is 10.0 Å². The van der Waals surface area contributed by atoms with Gasteiger partial charge in [0.15, 0.2) is 5.03 Å². The number of aromatic nitrogens is 2. The first-order valence-corrected chi connectivity index (χ1v) is 7.41. The number of nitrogens with zero attached hydrogens (tertiary/aromatic N) is 1. The Morgan fingerprint density at radius 1 is 1.61 bits per heavy atom. The predicted octanol–water partition coefficient (Wildman–Crippen LogP) is -0.427. The van der Waals surface area contributed by atoms with E-state index in [1.165, 1.54) is 6.20 Å². The fourth-order valence-corrected chi connectivity index (χ4v) is 3.14. The molecule has 1 fully saturated rings. The molecule has 7 nitrogen and oxygen atoms in total. The first-order valence-electron chi connectivity index (χ1n) is 5.93. The standard InChI is InChI=1S/C10H18N4O3S/c11-5-9-6-12-14-10(9)18(15,16)13-3-1-8-2-4-17-7-8/h6,8,13H,1-5,7,11H2,(H,12,14). The average Bonchev–Trinajstić information content (AvgIpc) is 2.99. The van der Waals surface area contributed by atoms with Gasteiger partial charge >= 0.3 is 0 Å². The van der Waals surface area contributed by atoms with Crippen LogP contribution in [0.2, 0.25) is 0 Å². The van der Waals surface area contributed by atoms with E-state index in [1.807, 2.05) is 0 Å². The number of nitrogens with two attached hydrogens (primary N) is 1. The van der Waals surface area contributed by atoms with Gasteiger partial charge in [-0.3, -0.25) is 5.10 Å². The monoisotopic (exact) mass is 274 g/mol. The molecule has 8 heteroatoms. The van der Waals surface area contributed by atoms with E-state index in [2.05, 4.69) is 14.9 Å². The maximum absolute atomic E-state index is 12.0. The number of aromatic amines is 1. The molecule has 0 saturated carbocycles. The Bertz CT molecular complexity index is 479. The van der Waals surface area contributed by atoms with Crippen molar-refractivity contribution in [3.63, 3.8) is 0 Å². The van der Waals surface area contributed by atoms with E-state index in [1.54, 1.807) is 0 Å². The van der Waals surface area contributed by atoms with E-state index in [0.717, 1.165) is 26.1 Å². The Morgan fingerprint density at radius 2 is 2.44 bits per heavy atom. The van der Waals surface area contributed by atoms with Crippen molar-refractivity contribution in [3.05, 3.63) is 11.8 Å². The molecule has 1 aromatic heterocycles. The van der Waals surface area contributed by atoms with Crippen LogP contribution in [0.5, 0.6) is 0 Å². The normalized spacial score (nSPS) is 20.4. The molecule has 18 heavy (non-hydrogen) atoms. The number of hydrogen-bond acceptors (Lipinski definition) is 5. The molecule has 2 rings (SSSR count). The van der Waals surface area contributed by atoms with Gasteiger partial charge in [0.05, 0.1) is 6.20 Å². The highest BCUT2D eigenvalue weighted by Gasteiger charge is 2.21. The van der Waals surface area contributed by atoms with Crippen LogP contribution in [0.3, 0.4) is 0 Å². The van der Waals surface area contributed by atoms with Crippen molar-refractivity contribution in [1.82, 2.24) is 14.9 Å². The third kappa shape index (κ3) is 3.08. The molecule has 1 aromatic rings. The van der Waals surface area contributed by atoms with Crippen LogP contribution >= 0.6 is 0 Å². The lowest BCUT2D eigenvalue weighted by Crippen LogP contribution is -2.27. The molecule has 0 amide bonds. The van der Waals surface area contributed by atoms with Gasteiger partial charge in [-0.25, -0.2) is 13.1 Å². The van der Waals surface area contributed by atoms with Gasteiger partial charge in [-0.15, -0.1) is 0 Å². The summed E-state index contributed by atoms with van der Waals surface area (Å²) in [5, 5.41) is 6.23. The fraction of sp³-hybridized carbons (Fsp3) is 0.700. The first kappa shape index (κ1) is 13.5. The van der Waals surface area contributed by atoms with Crippen LogP contribution in [0.4, 0.5) is 0 Å². The van der Waals surface area contributed by atoms with Crippen molar-refractivity contribution in [2.24, 2.45) is 11.7 Å². The Hall–Kier alpha value is -0.960. The zero-order chi connectivity index (χ0) is 13.0. The molecular formula is C10H18N4O3S. The van der Waals surface area contributed by atoms with Crippen LogP contribution in [0.15, 0.2) is 11.2 Å².